The van der Waals surface area contributed by atoms with E-state index in [1.165, 1.54) is 4.90 Å². The molecule has 0 bridgehead atoms. The van der Waals surface area contributed by atoms with E-state index >= 15 is 0 Å². The van der Waals surface area contributed by atoms with E-state index in [0.717, 1.165) is 24.4 Å². The van der Waals surface area contributed by atoms with Gasteiger partial charge in [0.05, 0.1) is 6.42 Å². The summed E-state index contributed by atoms with van der Waals surface area (Å²) in [5.74, 6) is 0.874. The summed E-state index contributed by atoms with van der Waals surface area (Å²) in [5, 5.41) is 11.4. The van der Waals surface area contributed by atoms with Gasteiger partial charge in [-0.25, -0.2) is 4.79 Å². The maximum Gasteiger partial charge on any atom is 0.317 e. The van der Waals surface area contributed by atoms with Crippen molar-refractivity contribution in [3.63, 3.8) is 0 Å². The van der Waals surface area contributed by atoms with Crippen LogP contribution in [-0.2, 0) is 11.2 Å². The number of nitrogens with one attached hydrogen (secondary N) is 1. The standard InChI is InChI=1S/C14H22N2O4/c1-10(4-6-12-7-5-11(2)20-12)15-14(19)16(3)9-8-13(17)18/h5,7,10H,4,6,8-9H2,1-3H3,(H,15,19)(H,17,18). The molecule has 1 aromatic rings. The third-order valence-electron chi connectivity index (χ3n) is 3.00. The largest absolute Gasteiger partial charge is 0.481 e. The normalized spacial score (nSPS) is 11.9. The summed E-state index contributed by atoms with van der Waals surface area (Å²) in [6.07, 6.45) is 1.48. The van der Waals surface area contributed by atoms with Crippen molar-refractivity contribution in [1.29, 1.82) is 0 Å². The number of hydrogen-bond acceptors (Lipinski definition) is 3. The number of aliphatic carboxylic acids is 1. The van der Waals surface area contributed by atoms with Gasteiger partial charge in [0.25, 0.3) is 0 Å². The summed E-state index contributed by atoms with van der Waals surface area (Å²) in [6, 6.07) is 3.59. The van der Waals surface area contributed by atoms with Gasteiger partial charge in [-0.05, 0) is 32.4 Å². The number of carboxylic acids is 1. The van der Waals surface area contributed by atoms with E-state index in [9.17, 15) is 9.59 Å². The number of furan rings is 1. The third-order valence-corrected chi connectivity index (χ3v) is 3.00. The lowest BCUT2D eigenvalue weighted by Crippen LogP contribution is -2.42. The minimum atomic E-state index is -0.911. The molecule has 1 aromatic heterocycles. The van der Waals surface area contributed by atoms with E-state index in [4.69, 9.17) is 9.52 Å². The number of urea groups is 1. The summed E-state index contributed by atoms with van der Waals surface area (Å²) in [7, 11) is 1.58. The maximum atomic E-state index is 11.8. The second-order valence-corrected chi connectivity index (χ2v) is 4.97. The first-order valence-electron chi connectivity index (χ1n) is 6.67. The molecule has 0 radical (unpaired) electrons. The number of nitrogens with zero attached hydrogens (tertiary/aromatic N) is 1. The molecular formula is C14H22N2O4. The Labute approximate surface area is 118 Å². The van der Waals surface area contributed by atoms with Crippen molar-refractivity contribution in [3.05, 3.63) is 23.7 Å². The van der Waals surface area contributed by atoms with Gasteiger partial charge in [0.15, 0.2) is 0 Å². The lowest BCUT2D eigenvalue weighted by atomic mass is 10.1. The molecule has 0 saturated heterocycles. The fourth-order valence-electron chi connectivity index (χ4n) is 1.74. The molecular weight excluding hydrogens is 260 g/mol. The highest BCUT2D eigenvalue weighted by Crippen LogP contribution is 2.10. The number of amides is 2. The molecule has 6 heteroatoms. The zero-order valence-corrected chi connectivity index (χ0v) is 12.2. The van der Waals surface area contributed by atoms with Crippen molar-refractivity contribution in [2.24, 2.45) is 0 Å². The van der Waals surface area contributed by atoms with Crippen LogP contribution in [0.3, 0.4) is 0 Å². The molecule has 112 valence electrons. The minimum absolute atomic E-state index is 0.000171. The lowest BCUT2D eigenvalue weighted by Gasteiger charge is -2.20. The van der Waals surface area contributed by atoms with E-state index in [1.807, 2.05) is 26.0 Å². The maximum absolute atomic E-state index is 11.8. The molecule has 2 N–H and O–H groups in total. The van der Waals surface area contributed by atoms with Crippen LogP contribution in [0.2, 0.25) is 0 Å². The minimum Gasteiger partial charge on any atom is -0.481 e. The Kier molecular flexibility index (Phi) is 6.09. The Hall–Kier alpha value is -1.98. The Morgan fingerprint density at radius 2 is 2.15 bits per heavy atom. The van der Waals surface area contributed by atoms with Crippen LogP contribution in [0.25, 0.3) is 0 Å². The average Bonchev–Trinajstić information content (AvgIpc) is 2.79. The summed E-state index contributed by atoms with van der Waals surface area (Å²) in [5.41, 5.74) is 0. The van der Waals surface area contributed by atoms with Crippen LogP contribution >= 0.6 is 0 Å². The van der Waals surface area contributed by atoms with Crippen LogP contribution in [0, 0.1) is 6.92 Å². The number of carbonyl (C=O) groups is 2. The molecule has 1 unspecified atom stereocenters. The smallest absolute Gasteiger partial charge is 0.317 e. The summed E-state index contributed by atoms with van der Waals surface area (Å²) in [6.45, 7) is 4.01. The number of rotatable bonds is 7. The number of carboxylic acid groups (broad SMARTS) is 1. The predicted molar refractivity (Wildman–Crippen MR) is 74.6 cm³/mol. The van der Waals surface area contributed by atoms with Gasteiger partial charge >= 0.3 is 12.0 Å². The molecule has 0 fully saturated rings. The average molecular weight is 282 g/mol. The first-order chi connectivity index (χ1) is 9.38. The molecule has 20 heavy (non-hydrogen) atoms. The fourth-order valence-corrected chi connectivity index (χ4v) is 1.74. The Balaban J connectivity index is 2.28. The van der Waals surface area contributed by atoms with Gasteiger partial charge < -0.3 is 19.7 Å². The van der Waals surface area contributed by atoms with Crippen molar-refractivity contribution in [1.82, 2.24) is 10.2 Å². The van der Waals surface area contributed by atoms with Gasteiger partial charge in [0.2, 0.25) is 0 Å². The van der Waals surface area contributed by atoms with E-state index in [1.54, 1.807) is 7.05 Å². The highest BCUT2D eigenvalue weighted by Gasteiger charge is 2.13. The summed E-state index contributed by atoms with van der Waals surface area (Å²) in [4.78, 5) is 23.6. The molecule has 0 saturated carbocycles. The van der Waals surface area contributed by atoms with E-state index in [2.05, 4.69) is 5.32 Å². The highest BCUT2D eigenvalue weighted by molar-refractivity contribution is 5.75. The van der Waals surface area contributed by atoms with Crippen LogP contribution < -0.4 is 5.32 Å². The van der Waals surface area contributed by atoms with Gasteiger partial charge in [-0.15, -0.1) is 0 Å². The first-order valence-corrected chi connectivity index (χ1v) is 6.67. The molecule has 0 aliphatic heterocycles. The molecule has 0 aliphatic rings. The highest BCUT2D eigenvalue weighted by atomic mass is 16.4. The van der Waals surface area contributed by atoms with Gasteiger partial charge in [-0.3, -0.25) is 4.79 Å². The predicted octanol–water partition coefficient (Wildman–Crippen LogP) is 2.03. The molecule has 1 heterocycles. The number of aryl methyl sites for hydroxylation is 2. The van der Waals surface area contributed by atoms with Crippen LogP contribution in [0.1, 0.15) is 31.3 Å². The number of carbonyl (C=O) groups excluding carboxylic acids is 1. The molecule has 0 aromatic carbocycles. The summed E-state index contributed by atoms with van der Waals surface area (Å²) < 4.78 is 5.46. The second-order valence-electron chi connectivity index (χ2n) is 4.97. The van der Waals surface area contributed by atoms with E-state index in [-0.39, 0.29) is 25.0 Å². The van der Waals surface area contributed by atoms with Crippen molar-refractivity contribution >= 4 is 12.0 Å². The lowest BCUT2D eigenvalue weighted by molar-refractivity contribution is -0.137. The van der Waals surface area contributed by atoms with E-state index < -0.39 is 5.97 Å². The number of hydrogen-bond donors (Lipinski definition) is 2. The van der Waals surface area contributed by atoms with Gasteiger partial charge in [-0.2, -0.15) is 0 Å². The summed E-state index contributed by atoms with van der Waals surface area (Å²) >= 11 is 0. The van der Waals surface area contributed by atoms with Crippen LogP contribution in [0.5, 0.6) is 0 Å². The van der Waals surface area contributed by atoms with Crippen molar-refractivity contribution < 1.29 is 19.1 Å². The van der Waals surface area contributed by atoms with Crippen molar-refractivity contribution in [3.8, 4) is 0 Å². The monoisotopic (exact) mass is 282 g/mol. The molecule has 6 nitrogen and oxygen atoms in total. The fraction of sp³-hybridized carbons (Fsp3) is 0.571. The Morgan fingerprint density at radius 3 is 2.70 bits per heavy atom. The van der Waals surface area contributed by atoms with Gasteiger partial charge in [0.1, 0.15) is 11.5 Å². The molecule has 1 rings (SSSR count). The Bertz CT molecular complexity index is 456. The quantitative estimate of drug-likeness (QED) is 0.801. The molecule has 2 amide bonds. The van der Waals surface area contributed by atoms with Crippen molar-refractivity contribution in [2.75, 3.05) is 13.6 Å². The topological polar surface area (TPSA) is 82.8 Å². The zero-order chi connectivity index (χ0) is 15.1. The molecule has 0 spiro atoms. The molecule has 0 aliphatic carbocycles. The Morgan fingerprint density at radius 1 is 1.45 bits per heavy atom. The SMILES string of the molecule is Cc1ccc(CCC(C)NC(=O)N(C)CCC(=O)O)o1. The van der Waals surface area contributed by atoms with Crippen molar-refractivity contribution in [2.45, 2.75) is 39.2 Å². The zero-order valence-electron chi connectivity index (χ0n) is 12.2. The van der Waals surface area contributed by atoms with Gasteiger partial charge in [0, 0.05) is 26.1 Å². The van der Waals surface area contributed by atoms with Crippen LogP contribution in [0.4, 0.5) is 4.79 Å². The first kappa shape index (κ1) is 16.1. The third kappa shape index (κ3) is 5.77. The second kappa shape index (κ2) is 7.57. The molecule has 1 atom stereocenters. The van der Waals surface area contributed by atoms with Crippen LogP contribution in [0.15, 0.2) is 16.5 Å². The van der Waals surface area contributed by atoms with Gasteiger partial charge in [-0.1, -0.05) is 0 Å². The van der Waals surface area contributed by atoms with Crippen LogP contribution in [-0.4, -0.2) is 41.6 Å². The van der Waals surface area contributed by atoms with E-state index in [0.29, 0.717) is 0 Å².